The van der Waals surface area contributed by atoms with Crippen LogP contribution in [0.2, 0.25) is 0 Å². The number of halogens is 1. The summed E-state index contributed by atoms with van der Waals surface area (Å²) in [7, 11) is 0. The van der Waals surface area contributed by atoms with Crippen molar-refractivity contribution in [2.24, 2.45) is 5.92 Å². The van der Waals surface area contributed by atoms with E-state index in [9.17, 15) is 4.79 Å². The summed E-state index contributed by atoms with van der Waals surface area (Å²) in [5.41, 5.74) is 0.0766. The lowest BCUT2D eigenvalue weighted by atomic mass is 10.00. The minimum atomic E-state index is 0.0766. The molecule has 0 radical (unpaired) electrons. The minimum absolute atomic E-state index is 0.0766. The first kappa shape index (κ1) is 12.7. The van der Waals surface area contributed by atoms with Crippen LogP contribution in [0.3, 0.4) is 0 Å². The summed E-state index contributed by atoms with van der Waals surface area (Å²) in [5.74, 6) is 0.540. The summed E-state index contributed by atoms with van der Waals surface area (Å²) in [4.78, 5) is 13.9. The van der Waals surface area contributed by atoms with Crippen molar-refractivity contribution in [3.05, 3.63) is 34.7 Å². The van der Waals surface area contributed by atoms with Crippen molar-refractivity contribution in [2.75, 3.05) is 19.6 Å². The zero-order chi connectivity index (χ0) is 12.3. The van der Waals surface area contributed by atoms with Gasteiger partial charge in [0, 0.05) is 37.3 Å². The average molecular weight is 255 g/mol. The Hall–Kier alpha value is -0.800. The van der Waals surface area contributed by atoms with Crippen molar-refractivity contribution < 1.29 is 0 Å². The first-order chi connectivity index (χ1) is 8.16. The van der Waals surface area contributed by atoms with Crippen LogP contribution >= 0.6 is 11.6 Å². The molecule has 1 aliphatic rings. The van der Waals surface area contributed by atoms with Gasteiger partial charge in [-0.2, -0.15) is 0 Å². The van der Waals surface area contributed by atoms with Gasteiger partial charge in [-0.05, 0) is 24.9 Å². The predicted molar refractivity (Wildman–Crippen MR) is 70.6 cm³/mol. The highest BCUT2D eigenvalue weighted by Gasteiger charge is 2.23. The summed E-state index contributed by atoms with van der Waals surface area (Å²) < 4.78 is 1.76. The zero-order valence-corrected chi connectivity index (χ0v) is 10.9. The maximum atomic E-state index is 11.5. The number of nitrogens with zero attached hydrogens (tertiary/aromatic N) is 2. The second-order valence-corrected chi connectivity index (χ2v) is 5.38. The molecule has 1 aliphatic heterocycles. The van der Waals surface area contributed by atoms with Gasteiger partial charge in [0.05, 0.1) is 0 Å². The predicted octanol–water partition coefficient (Wildman–Crippen LogP) is 1.80. The zero-order valence-electron chi connectivity index (χ0n) is 10.2. The van der Waals surface area contributed by atoms with E-state index >= 15 is 0 Å². The Morgan fingerprint density at radius 2 is 2.24 bits per heavy atom. The van der Waals surface area contributed by atoms with Gasteiger partial charge in [-0.3, -0.25) is 4.79 Å². The monoisotopic (exact) mass is 254 g/mol. The molecule has 94 valence electrons. The molecular weight excluding hydrogens is 236 g/mol. The number of aromatic nitrogens is 1. The third-order valence-corrected chi connectivity index (χ3v) is 4.09. The summed E-state index contributed by atoms with van der Waals surface area (Å²) in [6.07, 6.45) is 2.90. The highest BCUT2D eigenvalue weighted by molar-refractivity contribution is 6.20. The van der Waals surface area contributed by atoms with Gasteiger partial charge < -0.3 is 9.47 Å². The van der Waals surface area contributed by atoms with Crippen LogP contribution in [0.15, 0.2) is 29.2 Å². The lowest BCUT2D eigenvalue weighted by Gasteiger charge is -2.34. The second kappa shape index (κ2) is 5.69. The van der Waals surface area contributed by atoms with E-state index in [0.29, 0.717) is 11.3 Å². The molecule has 1 fully saturated rings. The minimum Gasteiger partial charge on any atom is -0.314 e. The smallest absolute Gasteiger partial charge is 0.250 e. The van der Waals surface area contributed by atoms with Crippen LogP contribution in [-0.2, 0) is 6.54 Å². The molecule has 1 saturated heterocycles. The normalized spacial score (nSPS) is 26.0. The van der Waals surface area contributed by atoms with Gasteiger partial charge in [0.15, 0.2) is 0 Å². The molecule has 1 aromatic rings. The Bertz CT molecular complexity index is 418. The van der Waals surface area contributed by atoms with Crippen molar-refractivity contribution >= 4 is 11.6 Å². The third-order valence-electron chi connectivity index (χ3n) is 3.44. The van der Waals surface area contributed by atoms with Crippen molar-refractivity contribution in [3.63, 3.8) is 0 Å². The van der Waals surface area contributed by atoms with Crippen molar-refractivity contribution in [2.45, 2.75) is 25.3 Å². The Balaban J connectivity index is 1.87. The Morgan fingerprint density at radius 1 is 1.41 bits per heavy atom. The number of pyridine rings is 1. The lowest BCUT2D eigenvalue weighted by Crippen LogP contribution is -2.41. The number of alkyl halides is 1. The van der Waals surface area contributed by atoms with E-state index in [1.54, 1.807) is 16.7 Å². The van der Waals surface area contributed by atoms with Crippen LogP contribution in [0.25, 0.3) is 0 Å². The fourth-order valence-electron chi connectivity index (χ4n) is 2.30. The highest BCUT2D eigenvalue weighted by atomic mass is 35.5. The fraction of sp³-hybridized carbons (Fsp3) is 0.615. The molecule has 1 aromatic heterocycles. The molecule has 0 saturated carbocycles. The number of piperidine rings is 1. The largest absolute Gasteiger partial charge is 0.314 e. The summed E-state index contributed by atoms with van der Waals surface area (Å²) in [5, 5.41) is 0.311. The Morgan fingerprint density at radius 3 is 2.94 bits per heavy atom. The number of hydrogen-bond donors (Lipinski definition) is 0. The van der Waals surface area contributed by atoms with Crippen LogP contribution < -0.4 is 5.56 Å². The number of hydrogen-bond acceptors (Lipinski definition) is 2. The summed E-state index contributed by atoms with van der Waals surface area (Å²) >= 11 is 6.19. The second-order valence-electron chi connectivity index (χ2n) is 4.81. The Labute approximate surface area is 107 Å². The first-order valence-electron chi connectivity index (χ1n) is 6.18. The maximum Gasteiger partial charge on any atom is 0.250 e. The standard InChI is InChI=1S/C13H19ClN2O/c1-11-10-15(7-5-12(11)14)8-9-16-6-3-2-4-13(16)17/h2-4,6,11-12H,5,7-10H2,1H3. The van der Waals surface area contributed by atoms with Gasteiger partial charge in [-0.1, -0.05) is 13.0 Å². The molecule has 2 rings (SSSR count). The highest BCUT2D eigenvalue weighted by Crippen LogP contribution is 2.21. The molecule has 0 aliphatic carbocycles. The quantitative estimate of drug-likeness (QED) is 0.769. The summed E-state index contributed by atoms with van der Waals surface area (Å²) in [6.45, 7) is 5.96. The molecule has 0 amide bonds. The topological polar surface area (TPSA) is 25.2 Å². The molecule has 0 spiro atoms. The van der Waals surface area contributed by atoms with Crippen molar-refractivity contribution in [3.8, 4) is 0 Å². The molecule has 2 unspecified atom stereocenters. The van der Waals surface area contributed by atoms with Crippen LogP contribution in [0.5, 0.6) is 0 Å². The van der Waals surface area contributed by atoms with Gasteiger partial charge >= 0.3 is 0 Å². The molecule has 0 aromatic carbocycles. The van der Waals surface area contributed by atoms with Gasteiger partial charge in [0.1, 0.15) is 0 Å². The Kier molecular flexibility index (Phi) is 4.24. The molecule has 0 N–H and O–H groups in total. The molecule has 3 nitrogen and oxygen atoms in total. The van der Waals surface area contributed by atoms with E-state index in [4.69, 9.17) is 11.6 Å². The van der Waals surface area contributed by atoms with Crippen molar-refractivity contribution in [1.82, 2.24) is 9.47 Å². The van der Waals surface area contributed by atoms with Crippen LogP contribution in [0.4, 0.5) is 0 Å². The first-order valence-corrected chi connectivity index (χ1v) is 6.62. The molecular formula is C13H19ClN2O. The van der Waals surface area contributed by atoms with Gasteiger partial charge in [0.2, 0.25) is 0 Å². The van der Waals surface area contributed by atoms with E-state index in [-0.39, 0.29) is 5.56 Å². The van der Waals surface area contributed by atoms with Crippen molar-refractivity contribution in [1.29, 1.82) is 0 Å². The number of rotatable bonds is 3. The van der Waals surface area contributed by atoms with Gasteiger partial charge in [0.25, 0.3) is 5.56 Å². The number of likely N-dealkylation sites (tertiary alicyclic amines) is 1. The van der Waals surface area contributed by atoms with E-state index in [2.05, 4.69) is 11.8 Å². The molecule has 2 atom stereocenters. The van der Waals surface area contributed by atoms with E-state index < -0.39 is 0 Å². The molecule has 2 heterocycles. The third kappa shape index (κ3) is 3.33. The maximum absolute atomic E-state index is 11.5. The van der Waals surface area contributed by atoms with Crippen LogP contribution in [-0.4, -0.2) is 34.5 Å². The van der Waals surface area contributed by atoms with E-state index in [0.717, 1.165) is 32.6 Å². The van der Waals surface area contributed by atoms with Gasteiger partial charge in [-0.15, -0.1) is 11.6 Å². The van der Waals surface area contributed by atoms with E-state index in [1.165, 1.54) is 0 Å². The SMILES string of the molecule is CC1CN(CCn2ccccc2=O)CCC1Cl. The van der Waals surface area contributed by atoms with Crippen LogP contribution in [0, 0.1) is 5.92 Å². The van der Waals surface area contributed by atoms with Crippen LogP contribution in [0.1, 0.15) is 13.3 Å². The molecule has 4 heteroatoms. The lowest BCUT2D eigenvalue weighted by molar-refractivity contribution is 0.181. The average Bonchev–Trinajstić information content (AvgIpc) is 2.32. The van der Waals surface area contributed by atoms with E-state index in [1.807, 2.05) is 12.3 Å². The fourth-order valence-corrected chi connectivity index (χ4v) is 2.48. The summed E-state index contributed by atoms with van der Waals surface area (Å²) in [6, 6.07) is 5.28. The molecule has 0 bridgehead atoms. The molecule has 17 heavy (non-hydrogen) atoms. The van der Waals surface area contributed by atoms with Gasteiger partial charge in [-0.25, -0.2) is 0 Å².